The van der Waals surface area contributed by atoms with Crippen molar-refractivity contribution in [2.24, 2.45) is 5.92 Å². The lowest BCUT2D eigenvalue weighted by Gasteiger charge is -2.24. The second-order valence-electron chi connectivity index (χ2n) is 5.45. The number of aromatic hydroxyl groups is 1. The van der Waals surface area contributed by atoms with Crippen molar-refractivity contribution in [3.63, 3.8) is 0 Å². The summed E-state index contributed by atoms with van der Waals surface area (Å²) < 4.78 is 2.23. The number of aromatic nitrogens is 3. The first kappa shape index (κ1) is 13.1. The Bertz CT molecular complexity index is 593. The zero-order valence-corrected chi connectivity index (χ0v) is 11.7. The van der Waals surface area contributed by atoms with Crippen molar-refractivity contribution in [2.45, 2.75) is 32.9 Å². The van der Waals surface area contributed by atoms with Crippen molar-refractivity contribution < 1.29 is 5.11 Å². The maximum Gasteiger partial charge on any atom is 0.138 e. The van der Waals surface area contributed by atoms with Crippen molar-refractivity contribution in [2.75, 3.05) is 6.54 Å². The summed E-state index contributed by atoms with van der Waals surface area (Å²) in [5.41, 5.74) is 1.66. The molecule has 2 aromatic rings. The van der Waals surface area contributed by atoms with E-state index in [1.165, 1.54) is 5.82 Å². The number of rotatable bonds is 4. The fourth-order valence-electron chi connectivity index (χ4n) is 2.73. The van der Waals surface area contributed by atoms with Gasteiger partial charge in [0.15, 0.2) is 0 Å². The van der Waals surface area contributed by atoms with E-state index in [4.69, 9.17) is 0 Å². The van der Waals surface area contributed by atoms with Gasteiger partial charge >= 0.3 is 0 Å². The third-order valence-electron chi connectivity index (χ3n) is 3.85. The predicted molar refractivity (Wildman–Crippen MR) is 76.4 cm³/mol. The molecule has 3 heterocycles. The zero-order valence-electron chi connectivity index (χ0n) is 11.7. The molecule has 2 N–H and O–H groups in total. The number of hydrogen-bond acceptors (Lipinski definition) is 4. The van der Waals surface area contributed by atoms with Crippen LogP contribution in [0.1, 0.15) is 23.6 Å². The zero-order chi connectivity index (χ0) is 13.9. The van der Waals surface area contributed by atoms with Gasteiger partial charge in [-0.1, -0.05) is 0 Å². The van der Waals surface area contributed by atoms with E-state index in [0.717, 1.165) is 37.3 Å². The highest BCUT2D eigenvalue weighted by Crippen LogP contribution is 2.19. The van der Waals surface area contributed by atoms with Gasteiger partial charge in [0, 0.05) is 44.1 Å². The molecule has 2 aromatic heterocycles. The van der Waals surface area contributed by atoms with Crippen LogP contribution in [0.25, 0.3) is 0 Å². The average molecular weight is 272 g/mol. The Kier molecular flexibility index (Phi) is 3.69. The van der Waals surface area contributed by atoms with E-state index in [0.29, 0.717) is 12.5 Å². The molecule has 1 atom stereocenters. The van der Waals surface area contributed by atoms with Gasteiger partial charge in [0.05, 0.1) is 5.69 Å². The van der Waals surface area contributed by atoms with Gasteiger partial charge in [-0.3, -0.25) is 4.98 Å². The molecule has 106 valence electrons. The van der Waals surface area contributed by atoms with Crippen LogP contribution < -0.4 is 5.32 Å². The largest absolute Gasteiger partial charge is 0.506 e. The normalized spacial score (nSPS) is 17.9. The second kappa shape index (κ2) is 5.63. The Morgan fingerprint density at radius 1 is 1.45 bits per heavy atom. The van der Waals surface area contributed by atoms with E-state index in [9.17, 15) is 5.11 Å². The Hall–Kier alpha value is -1.88. The van der Waals surface area contributed by atoms with Gasteiger partial charge < -0.3 is 15.0 Å². The van der Waals surface area contributed by atoms with Gasteiger partial charge in [0.25, 0.3) is 0 Å². The molecular formula is C15H20N4O. The van der Waals surface area contributed by atoms with E-state index < -0.39 is 0 Å². The second-order valence-corrected chi connectivity index (χ2v) is 5.45. The third-order valence-corrected chi connectivity index (χ3v) is 3.85. The number of nitrogens with one attached hydrogen (secondary N) is 1. The van der Waals surface area contributed by atoms with Crippen molar-refractivity contribution in [3.8, 4) is 5.75 Å². The molecule has 1 aliphatic heterocycles. The first-order valence-electron chi connectivity index (χ1n) is 7.08. The first-order chi connectivity index (χ1) is 9.72. The molecule has 0 bridgehead atoms. The molecule has 5 heteroatoms. The molecule has 0 radical (unpaired) electrons. The molecule has 0 unspecified atom stereocenters. The minimum Gasteiger partial charge on any atom is -0.506 e. The lowest BCUT2D eigenvalue weighted by Crippen LogP contribution is -2.30. The van der Waals surface area contributed by atoms with Crippen LogP contribution in [0.5, 0.6) is 5.75 Å². The smallest absolute Gasteiger partial charge is 0.138 e. The van der Waals surface area contributed by atoms with Crippen molar-refractivity contribution in [1.29, 1.82) is 0 Å². The molecule has 0 aliphatic carbocycles. The molecule has 0 saturated heterocycles. The minimum absolute atomic E-state index is 0.267. The third kappa shape index (κ3) is 2.82. The van der Waals surface area contributed by atoms with E-state index >= 15 is 0 Å². The van der Waals surface area contributed by atoms with Gasteiger partial charge in [-0.2, -0.15) is 0 Å². The summed E-state index contributed by atoms with van der Waals surface area (Å²) in [5, 5.41) is 13.2. The lowest BCUT2D eigenvalue weighted by molar-refractivity contribution is 0.345. The number of fused-ring (bicyclic) bond motifs is 1. The molecule has 20 heavy (non-hydrogen) atoms. The van der Waals surface area contributed by atoms with Crippen LogP contribution in [-0.4, -0.2) is 26.2 Å². The molecule has 0 fully saturated rings. The quantitative estimate of drug-likeness (QED) is 0.888. The summed E-state index contributed by atoms with van der Waals surface area (Å²) in [5.74, 6) is 2.08. The fourth-order valence-corrected chi connectivity index (χ4v) is 2.73. The topological polar surface area (TPSA) is 63.0 Å². The van der Waals surface area contributed by atoms with E-state index in [1.807, 2.05) is 19.2 Å². The van der Waals surface area contributed by atoms with Crippen molar-refractivity contribution >= 4 is 0 Å². The van der Waals surface area contributed by atoms with Crippen LogP contribution in [0.3, 0.4) is 0 Å². The maximum atomic E-state index is 9.76. The van der Waals surface area contributed by atoms with Crippen LogP contribution in [0.2, 0.25) is 0 Å². The van der Waals surface area contributed by atoms with Gasteiger partial charge in [-0.15, -0.1) is 0 Å². The van der Waals surface area contributed by atoms with Crippen LogP contribution in [0.4, 0.5) is 0 Å². The predicted octanol–water partition coefficient (Wildman–Crippen LogP) is 1.64. The standard InChI is InChI=1S/C15H20N4O/c1-11-2-4-14(20)13(18-11)9-16-8-12-3-5-15-17-6-7-19(15)10-12/h2,4,6-7,12,16,20H,3,5,8-10H2,1H3/t12-/m1/s1. The summed E-state index contributed by atoms with van der Waals surface area (Å²) >= 11 is 0. The highest BCUT2D eigenvalue weighted by molar-refractivity contribution is 5.27. The molecule has 1 aliphatic rings. The van der Waals surface area contributed by atoms with Crippen molar-refractivity contribution in [1.82, 2.24) is 19.9 Å². The lowest BCUT2D eigenvalue weighted by atomic mass is 9.99. The van der Waals surface area contributed by atoms with Crippen molar-refractivity contribution in [3.05, 3.63) is 41.7 Å². The van der Waals surface area contributed by atoms with Crippen LogP contribution in [-0.2, 0) is 19.5 Å². The van der Waals surface area contributed by atoms with Gasteiger partial charge in [0.2, 0.25) is 0 Å². The highest BCUT2D eigenvalue weighted by Gasteiger charge is 2.18. The number of nitrogens with zero attached hydrogens (tertiary/aromatic N) is 3. The molecule has 0 aromatic carbocycles. The van der Waals surface area contributed by atoms with Crippen LogP contribution >= 0.6 is 0 Å². The molecular weight excluding hydrogens is 252 g/mol. The van der Waals surface area contributed by atoms with Crippen LogP contribution in [0, 0.1) is 12.8 Å². The molecule has 0 amide bonds. The van der Waals surface area contributed by atoms with Gasteiger partial charge in [-0.25, -0.2) is 4.98 Å². The highest BCUT2D eigenvalue weighted by atomic mass is 16.3. The number of imidazole rings is 1. The SMILES string of the molecule is Cc1ccc(O)c(CNC[C@H]2CCc3nccn3C2)n1. The summed E-state index contributed by atoms with van der Waals surface area (Å²) in [6.07, 6.45) is 6.14. The average Bonchev–Trinajstić information content (AvgIpc) is 2.90. The maximum absolute atomic E-state index is 9.76. The first-order valence-corrected chi connectivity index (χ1v) is 7.08. The van der Waals surface area contributed by atoms with Gasteiger partial charge in [0.1, 0.15) is 11.6 Å². The summed E-state index contributed by atoms with van der Waals surface area (Å²) in [4.78, 5) is 8.70. The Morgan fingerprint density at radius 2 is 2.35 bits per heavy atom. The van der Waals surface area contributed by atoms with Crippen LogP contribution in [0.15, 0.2) is 24.5 Å². The Labute approximate surface area is 118 Å². The Balaban J connectivity index is 1.52. The monoisotopic (exact) mass is 272 g/mol. The summed E-state index contributed by atoms with van der Waals surface area (Å²) in [7, 11) is 0. The minimum atomic E-state index is 0.267. The molecule has 3 rings (SSSR count). The number of hydrogen-bond donors (Lipinski definition) is 2. The fraction of sp³-hybridized carbons (Fsp3) is 0.467. The molecule has 5 nitrogen and oxygen atoms in total. The molecule has 0 spiro atoms. The van der Waals surface area contributed by atoms with Gasteiger partial charge in [-0.05, 0) is 31.4 Å². The van der Waals surface area contributed by atoms with E-state index in [1.54, 1.807) is 6.07 Å². The van der Waals surface area contributed by atoms with E-state index in [-0.39, 0.29) is 5.75 Å². The number of pyridine rings is 1. The molecule has 0 saturated carbocycles. The summed E-state index contributed by atoms with van der Waals surface area (Å²) in [6.45, 7) is 4.51. The van der Waals surface area contributed by atoms with E-state index in [2.05, 4.69) is 26.0 Å². The number of aryl methyl sites for hydroxylation is 2. The summed E-state index contributed by atoms with van der Waals surface area (Å²) in [6, 6.07) is 3.53. The Morgan fingerprint density at radius 3 is 3.25 bits per heavy atom.